The highest BCUT2D eigenvalue weighted by atomic mass is 19.1. The number of aromatic nitrogens is 4. The van der Waals surface area contributed by atoms with Crippen LogP contribution < -0.4 is 16.6 Å². The Morgan fingerprint density at radius 3 is 2.47 bits per heavy atom. The number of carbonyl (C=O) groups is 1. The van der Waals surface area contributed by atoms with Crippen molar-refractivity contribution in [1.29, 1.82) is 0 Å². The van der Waals surface area contributed by atoms with Crippen LogP contribution in [0, 0.1) is 5.82 Å². The standard InChI is InChI=1S/C21H16FN5O3/c22-15-7-1-2-8-16(15)25-18(28)13-26-17-9-5-11-24-19(17)20(29)27(21(26)30)12-14-6-3-4-10-23-14/h1-11H,12-13H2,(H,25,28). The number of rotatable bonds is 5. The first-order valence-electron chi connectivity index (χ1n) is 9.07. The molecule has 0 bridgehead atoms. The Morgan fingerprint density at radius 2 is 1.70 bits per heavy atom. The van der Waals surface area contributed by atoms with Crippen LogP contribution >= 0.6 is 0 Å². The molecule has 0 fully saturated rings. The predicted octanol–water partition coefficient (Wildman–Crippen LogP) is 1.78. The van der Waals surface area contributed by atoms with Crippen molar-refractivity contribution in [1.82, 2.24) is 19.1 Å². The Kier molecular flexibility index (Phi) is 5.17. The molecule has 0 radical (unpaired) electrons. The number of hydrogen-bond donors (Lipinski definition) is 1. The molecule has 9 heteroatoms. The van der Waals surface area contributed by atoms with Gasteiger partial charge in [-0.1, -0.05) is 18.2 Å². The molecular weight excluding hydrogens is 389 g/mol. The third-order valence-electron chi connectivity index (χ3n) is 4.48. The van der Waals surface area contributed by atoms with Crippen LogP contribution in [0.5, 0.6) is 0 Å². The van der Waals surface area contributed by atoms with Crippen molar-refractivity contribution in [2.24, 2.45) is 0 Å². The van der Waals surface area contributed by atoms with E-state index in [2.05, 4.69) is 15.3 Å². The molecule has 0 saturated carbocycles. The lowest BCUT2D eigenvalue weighted by Crippen LogP contribution is -2.42. The Hall–Kier alpha value is -4.14. The minimum Gasteiger partial charge on any atom is -0.322 e. The molecule has 1 N–H and O–H groups in total. The molecule has 3 aromatic heterocycles. The summed E-state index contributed by atoms with van der Waals surface area (Å²) >= 11 is 0. The number of anilines is 1. The van der Waals surface area contributed by atoms with Gasteiger partial charge < -0.3 is 5.32 Å². The molecular formula is C21H16FN5O3. The molecule has 1 amide bonds. The Labute approximate surface area is 169 Å². The summed E-state index contributed by atoms with van der Waals surface area (Å²) in [6, 6.07) is 14.0. The van der Waals surface area contributed by atoms with E-state index in [4.69, 9.17) is 0 Å². The topological polar surface area (TPSA) is 98.9 Å². The molecule has 0 aliphatic rings. The van der Waals surface area contributed by atoms with Crippen molar-refractivity contribution in [3.63, 3.8) is 0 Å². The van der Waals surface area contributed by atoms with Crippen LogP contribution in [0.25, 0.3) is 11.0 Å². The summed E-state index contributed by atoms with van der Waals surface area (Å²) in [6.45, 7) is -0.488. The molecule has 8 nitrogen and oxygen atoms in total. The van der Waals surface area contributed by atoms with E-state index in [9.17, 15) is 18.8 Å². The first-order valence-corrected chi connectivity index (χ1v) is 9.07. The van der Waals surface area contributed by atoms with Crippen molar-refractivity contribution in [3.05, 3.63) is 99.3 Å². The van der Waals surface area contributed by atoms with Gasteiger partial charge in [0.05, 0.1) is 23.4 Å². The summed E-state index contributed by atoms with van der Waals surface area (Å²) in [5.74, 6) is -1.21. The number of nitrogens with one attached hydrogen (secondary N) is 1. The van der Waals surface area contributed by atoms with Crippen molar-refractivity contribution in [2.45, 2.75) is 13.1 Å². The van der Waals surface area contributed by atoms with E-state index in [1.807, 2.05) is 0 Å². The van der Waals surface area contributed by atoms with Gasteiger partial charge in [0, 0.05) is 12.4 Å². The van der Waals surface area contributed by atoms with Crippen LogP contribution in [0.3, 0.4) is 0 Å². The van der Waals surface area contributed by atoms with Crippen LogP contribution in [-0.2, 0) is 17.9 Å². The third-order valence-corrected chi connectivity index (χ3v) is 4.48. The van der Waals surface area contributed by atoms with Crippen LogP contribution in [0.4, 0.5) is 10.1 Å². The van der Waals surface area contributed by atoms with Crippen LogP contribution in [-0.4, -0.2) is 25.0 Å². The lowest BCUT2D eigenvalue weighted by Gasteiger charge is -2.13. The first-order chi connectivity index (χ1) is 14.5. The Bertz CT molecular complexity index is 1350. The third kappa shape index (κ3) is 3.72. The van der Waals surface area contributed by atoms with E-state index in [-0.39, 0.29) is 23.3 Å². The van der Waals surface area contributed by atoms with E-state index in [1.165, 1.54) is 30.5 Å². The number of fused-ring (bicyclic) bond motifs is 1. The van der Waals surface area contributed by atoms with E-state index in [0.717, 1.165) is 9.13 Å². The molecule has 0 spiro atoms. The predicted molar refractivity (Wildman–Crippen MR) is 109 cm³/mol. The summed E-state index contributed by atoms with van der Waals surface area (Å²) < 4.78 is 16.0. The zero-order valence-electron chi connectivity index (χ0n) is 15.7. The molecule has 30 heavy (non-hydrogen) atoms. The van der Waals surface area contributed by atoms with E-state index in [0.29, 0.717) is 5.69 Å². The monoisotopic (exact) mass is 405 g/mol. The number of hydrogen-bond acceptors (Lipinski definition) is 5. The highest BCUT2D eigenvalue weighted by molar-refractivity contribution is 5.91. The number of para-hydroxylation sites is 1. The first kappa shape index (κ1) is 19.2. The largest absolute Gasteiger partial charge is 0.332 e. The summed E-state index contributed by atoms with van der Waals surface area (Å²) in [4.78, 5) is 46.7. The summed E-state index contributed by atoms with van der Waals surface area (Å²) in [6.07, 6.45) is 2.99. The van der Waals surface area contributed by atoms with Crippen molar-refractivity contribution < 1.29 is 9.18 Å². The van der Waals surface area contributed by atoms with E-state index >= 15 is 0 Å². The highest BCUT2D eigenvalue weighted by Gasteiger charge is 2.17. The fourth-order valence-corrected chi connectivity index (χ4v) is 3.08. The molecule has 0 aliphatic heterocycles. The van der Waals surface area contributed by atoms with Crippen molar-refractivity contribution in [3.8, 4) is 0 Å². The van der Waals surface area contributed by atoms with Crippen LogP contribution in [0.2, 0.25) is 0 Å². The molecule has 150 valence electrons. The van der Waals surface area contributed by atoms with Crippen molar-refractivity contribution in [2.75, 3.05) is 5.32 Å². The second-order valence-corrected chi connectivity index (χ2v) is 6.48. The van der Waals surface area contributed by atoms with Gasteiger partial charge in [-0.3, -0.25) is 23.7 Å². The maximum atomic E-state index is 13.8. The zero-order chi connectivity index (χ0) is 21.1. The maximum absolute atomic E-state index is 13.8. The highest BCUT2D eigenvalue weighted by Crippen LogP contribution is 2.13. The fourth-order valence-electron chi connectivity index (χ4n) is 3.08. The summed E-state index contributed by atoms with van der Waals surface area (Å²) in [5, 5.41) is 2.44. The van der Waals surface area contributed by atoms with Gasteiger partial charge >= 0.3 is 5.69 Å². The van der Waals surface area contributed by atoms with Gasteiger partial charge in [0.15, 0.2) is 5.52 Å². The zero-order valence-corrected chi connectivity index (χ0v) is 15.7. The van der Waals surface area contributed by atoms with E-state index in [1.54, 1.807) is 36.5 Å². The molecule has 0 saturated heterocycles. The minimum absolute atomic E-state index is 0.000198. The quantitative estimate of drug-likeness (QED) is 0.546. The molecule has 0 atom stereocenters. The second kappa shape index (κ2) is 8.08. The van der Waals surface area contributed by atoms with Gasteiger partial charge in [0.1, 0.15) is 12.4 Å². The van der Waals surface area contributed by atoms with Gasteiger partial charge in [-0.15, -0.1) is 0 Å². The SMILES string of the molecule is O=C(Cn1c(=O)n(Cc2ccccn2)c(=O)c2ncccc21)Nc1ccccc1F. The second-order valence-electron chi connectivity index (χ2n) is 6.48. The number of nitrogens with zero attached hydrogens (tertiary/aromatic N) is 4. The van der Waals surface area contributed by atoms with Crippen LogP contribution in [0.15, 0.2) is 76.6 Å². The number of benzene rings is 1. The number of amides is 1. The number of carbonyl (C=O) groups excluding carboxylic acids is 1. The molecule has 0 unspecified atom stereocenters. The lowest BCUT2D eigenvalue weighted by atomic mass is 10.3. The van der Waals surface area contributed by atoms with Gasteiger partial charge in [-0.05, 0) is 36.4 Å². The van der Waals surface area contributed by atoms with Crippen LogP contribution in [0.1, 0.15) is 5.69 Å². The minimum atomic E-state index is -0.685. The number of pyridine rings is 2. The molecule has 0 aliphatic carbocycles. The average Bonchev–Trinajstić information content (AvgIpc) is 2.76. The summed E-state index contributed by atoms with van der Waals surface area (Å²) in [7, 11) is 0. The fraction of sp³-hybridized carbons (Fsp3) is 0.0952. The maximum Gasteiger partial charge on any atom is 0.332 e. The molecule has 3 heterocycles. The van der Waals surface area contributed by atoms with Gasteiger partial charge in [0.2, 0.25) is 5.91 Å². The normalized spacial score (nSPS) is 10.8. The van der Waals surface area contributed by atoms with E-state index < -0.39 is 29.5 Å². The van der Waals surface area contributed by atoms with Crippen molar-refractivity contribution >= 4 is 22.6 Å². The Morgan fingerprint density at radius 1 is 0.933 bits per heavy atom. The summed E-state index contributed by atoms with van der Waals surface area (Å²) in [5.41, 5.74) is -0.490. The smallest absolute Gasteiger partial charge is 0.322 e. The van der Waals surface area contributed by atoms with Gasteiger partial charge in [-0.2, -0.15) is 0 Å². The average molecular weight is 405 g/mol. The van der Waals surface area contributed by atoms with Gasteiger partial charge in [-0.25, -0.2) is 14.2 Å². The Balaban J connectivity index is 1.77. The van der Waals surface area contributed by atoms with Gasteiger partial charge in [0.25, 0.3) is 5.56 Å². The molecule has 4 aromatic rings. The number of halogens is 1. The lowest BCUT2D eigenvalue weighted by molar-refractivity contribution is -0.116. The molecule has 1 aromatic carbocycles. The molecule has 4 rings (SSSR count).